The highest BCUT2D eigenvalue weighted by Crippen LogP contribution is 2.25. The van der Waals surface area contributed by atoms with E-state index in [1.807, 2.05) is 6.07 Å². The van der Waals surface area contributed by atoms with Crippen LogP contribution in [0.5, 0.6) is 0 Å². The number of hydrazone groups is 1. The van der Waals surface area contributed by atoms with Gasteiger partial charge in [0.25, 0.3) is 0 Å². The lowest BCUT2D eigenvalue weighted by Crippen LogP contribution is -2.19. The van der Waals surface area contributed by atoms with Crippen LogP contribution in [0.4, 0.5) is 0 Å². The van der Waals surface area contributed by atoms with E-state index in [1.54, 1.807) is 24.5 Å². The lowest BCUT2D eigenvalue weighted by molar-refractivity contribution is -0.118. The highest BCUT2D eigenvalue weighted by Gasteiger charge is 2.05. The number of pyridine rings is 2. The maximum Gasteiger partial charge on any atom is 0.250 e. The molecule has 0 aromatic carbocycles. The van der Waals surface area contributed by atoms with Crippen LogP contribution in [-0.2, 0) is 4.79 Å². The Morgan fingerprint density at radius 2 is 2.24 bits per heavy atom. The first-order chi connectivity index (χ1) is 10.1. The number of aromatic nitrogens is 2. The van der Waals surface area contributed by atoms with Crippen LogP contribution in [0.25, 0.3) is 0 Å². The Kier molecular flexibility index (Phi) is 5.98. The summed E-state index contributed by atoms with van der Waals surface area (Å²) in [5.41, 5.74) is 3.22. The lowest BCUT2D eigenvalue weighted by atomic mass is 10.3. The third-order valence-electron chi connectivity index (χ3n) is 2.22. The molecule has 0 bridgehead atoms. The molecule has 0 aliphatic rings. The molecular weight excluding hydrogens is 331 g/mol. The quantitative estimate of drug-likeness (QED) is 0.516. The number of carbonyl (C=O) groups is 1. The van der Waals surface area contributed by atoms with Crippen molar-refractivity contribution < 1.29 is 4.79 Å². The van der Waals surface area contributed by atoms with Crippen molar-refractivity contribution in [2.45, 2.75) is 5.03 Å². The second-order valence-corrected chi connectivity index (χ2v) is 5.61. The molecule has 0 fully saturated rings. The summed E-state index contributed by atoms with van der Waals surface area (Å²) in [6.45, 7) is 0. The van der Waals surface area contributed by atoms with Crippen LogP contribution in [0.2, 0.25) is 10.0 Å². The lowest BCUT2D eigenvalue weighted by Gasteiger charge is -2.01. The molecule has 2 aromatic heterocycles. The van der Waals surface area contributed by atoms with Crippen LogP contribution in [0.3, 0.4) is 0 Å². The summed E-state index contributed by atoms with van der Waals surface area (Å²) in [5, 5.41) is 5.25. The van der Waals surface area contributed by atoms with Crippen molar-refractivity contribution in [3.63, 3.8) is 0 Å². The summed E-state index contributed by atoms with van der Waals surface area (Å²) in [6, 6.07) is 5.23. The van der Waals surface area contributed by atoms with Crippen LogP contribution in [-0.4, -0.2) is 27.8 Å². The predicted octanol–water partition coefficient (Wildman–Crippen LogP) is 3.03. The number of hydrogen-bond donors (Lipinski definition) is 1. The first kappa shape index (κ1) is 15.8. The third kappa shape index (κ3) is 5.34. The van der Waals surface area contributed by atoms with Crippen molar-refractivity contribution in [1.82, 2.24) is 15.4 Å². The Balaban J connectivity index is 1.79. The molecule has 2 heterocycles. The maximum absolute atomic E-state index is 11.6. The molecule has 0 saturated carbocycles. The molecule has 8 heteroatoms. The number of hydrogen-bond acceptors (Lipinski definition) is 5. The van der Waals surface area contributed by atoms with E-state index < -0.39 is 0 Å². The highest BCUT2D eigenvalue weighted by atomic mass is 35.5. The van der Waals surface area contributed by atoms with E-state index in [0.717, 1.165) is 5.56 Å². The number of carbonyl (C=O) groups excluding carboxylic acids is 1. The molecule has 2 aromatic rings. The minimum atomic E-state index is -0.243. The molecule has 1 N–H and O–H groups in total. The topological polar surface area (TPSA) is 67.2 Å². The van der Waals surface area contributed by atoms with Gasteiger partial charge >= 0.3 is 0 Å². The van der Waals surface area contributed by atoms with E-state index >= 15 is 0 Å². The molecule has 0 aliphatic carbocycles. The van der Waals surface area contributed by atoms with Crippen LogP contribution in [0, 0.1) is 0 Å². The van der Waals surface area contributed by atoms with E-state index in [9.17, 15) is 4.79 Å². The molecule has 1 amide bonds. The van der Waals surface area contributed by atoms with E-state index in [0.29, 0.717) is 15.1 Å². The third-order valence-corrected chi connectivity index (χ3v) is 3.86. The van der Waals surface area contributed by atoms with E-state index in [1.165, 1.54) is 24.2 Å². The zero-order valence-electron chi connectivity index (χ0n) is 10.7. The van der Waals surface area contributed by atoms with Crippen molar-refractivity contribution >= 4 is 47.1 Å². The van der Waals surface area contributed by atoms with Gasteiger partial charge in [-0.3, -0.25) is 9.78 Å². The second kappa shape index (κ2) is 7.97. The smallest absolute Gasteiger partial charge is 0.250 e. The molecule has 0 unspecified atom stereocenters. The second-order valence-electron chi connectivity index (χ2n) is 3.80. The van der Waals surface area contributed by atoms with Crippen molar-refractivity contribution in [1.29, 1.82) is 0 Å². The average molecular weight is 341 g/mol. The summed E-state index contributed by atoms with van der Waals surface area (Å²) >= 11 is 12.9. The molecular formula is C13H10Cl2N4OS. The van der Waals surface area contributed by atoms with Crippen LogP contribution in [0.15, 0.2) is 46.9 Å². The normalized spacial score (nSPS) is 10.8. The number of amides is 1. The molecule has 0 radical (unpaired) electrons. The highest BCUT2D eigenvalue weighted by molar-refractivity contribution is 7.99. The van der Waals surface area contributed by atoms with Gasteiger partial charge in [0.05, 0.1) is 27.0 Å². The van der Waals surface area contributed by atoms with Gasteiger partial charge in [0.2, 0.25) is 5.91 Å². The summed E-state index contributed by atoms with van der Waals surface area (Å²) < 4.78 is 0. The monoisotopic (exact) mass is 340 g/mol. The van der Waals surface area contributed by atoms with E-state index in [-0.39, 0.29) is 11.7 Å². The number of thioether (sulfide) groups is 1. The fraction of sp³-hybridized carbons (Fsp3) is 0.0769. The van der Waals surface area contributed by atoms with Gasteiger partial charge in [0, 0.05) is 24.2 Å². The summed E-state index contributed by atoms with van der Waals surface area (Å²) in [4.78, 5) is 19.6. The number of rotatable bonds is 5. The first-order valence-electron chi connectivity index (χ1n) is 5.81. The van der Waals surface area contributed by atoms with Crippen LogP contribution < -0.4 is 5.43 Å². The predicted molar refractivity (Wildman–Crippen MR) is 85.0 cm³/mol. The molecule has 0 saturated heterocycles. The van der Waals surface area contributed by atoms with Gasteiger partial charge < -0.3 is 0 Å². The zero-order valence-corrected chi connectivity index (χ0v) is 13.0. The van der Waals surface area contributed by atoms with Crippen LogP contribution in [0.1, 0.15) is 5.56 Å². The molecule has 21 heavy (non-hydrogen) atoms. The minimum Gasteiger partial charge on any atom is -0.272 e. The zero-order chi connectivity index (χ0) is 15.1. The van der Waals surface area contributed by atoms with Crippen molar-refractivity contribution in [3.8, 4) is 0 Å². The van der Waals surface area contributed by atoms with Crippen molar-refractivity contribution in [3.05, 3.63) is 52.4 Å². The summed E-state index contributed by atoms with van der Waals surface area (Å²) in [6.07, 6.45) is 6.28. The Labute approximate surface area is 135 Å². The Morgan fingerprint density at radius 3 is 2.95 bits per heavy atom. The molecule has 2 rings (SSSR count). The average Bonchev–Trinajstić information content (AvgIpc) is 2.49. The largest absolute Gasteiger partial charge is 0.272 e. The van der Waals surface area contributed by atoms with Gasteiger partial charge in [0.15, 0.2) is 0 Å². The van der Waals surface area contributed by atoms with Gasteiger partial charge in [-0.25, -0.2) is 10.4 Å². The van der Waals surface area contributed by atoms with Gasteiger partial charge in [-0.1, -0.05) is 41.0 Å². The fourth-order valence-corrected chi connectivity index (χ4v) is 2.27. The Morgan fingerprint density at radius 1 is 1.38 bits per heavy atom. The van der Waals surface area contributed by atoms with Crippen molar-refractivity contribution in [2.24, 2.45) is 5.10 Å². The standard InChI is InChI=1S/C13H10Cl2N4OS/c14-10-4-13(17-7-11(10)15)21-8-12(20)19-18-6-9-2-1-3-16-5-9/h1-7H,8H2,(H,19,20)/b18-6-. The van der Waals surface area contributed by atoms with Crippen LogP contribution >= 0.6 is 35.0 Å². The molecule has 108 valence electrons. The minimum absolute atomic E-state index is 0.176. The molecule has 0 aliphatic heterocycles. The first-order valence-corrected chi connectivity index (χ1v) is 7.55. The van der Waals surface area contributed by atoms with E-state index in [2.05, 4.69) is 20.5 Å². The number of halogens is 2. The fourth-order valence-electron chi connectivity index (χ4n) is 1.28. The van der Waals surface area contributed by atoms with Gasteiger partial charge in [-0.2, -0.15) is 5.10 Å². The van der Waals surface area contributed by atoms with Gasteiger partial charge in [-0.15, -0.1) is 0 Å². The summed E-state index contributed by atoms with van der Waals surface area (Å²) in [7, 11) is 0. The van der Waals surface area contributed by atoms with E-state index in [4.69, 9.17) is 23.2 Å². The maximum atomic E-state index is 11.6. The molecule has 0 atom stereocenters. The Hall–Kier alpha value is -1.63. The number of nitrogens with zero attached hydrogens (tertiary/aromatic N) is 3. The summed E-state index contributed by atoms with van der Waals surface area (Å²) in [5.74, 6) is -0.0666. The van der Waals surface area contributed by atoms with Gasteiger partial charge in [-0.05, 0) is 12.1 Å². The molecule has 5 nitrogen and oxygen atoms in total. The number of nitrogens with one attached hydrogen (secondary N) is 1. The van der Waals surface area contributed by atoms with Crippen molar-refractivity contribution in [2.75, 3.05) is 5.75 Å². The SMILES string of the molecule is O=C(CSc1cc(Cl)c(Cl)cn1)N/N=C\c1cccnc1. The van der Waals surface area contributed by atoms with Gasteiger partial charge in [0.1, 0.15) is 0 Å². The Bertz CT molecular complexity index is 652. The molecule has 0 spiro atoms.